The monoisotopic (exact) mass is 332 g/mol. The molecule has 0 saturated carbocycles. The van der Waals surface area contributed by atoms with Crippen LogP contribution in [0.4, 0.5) is 10.5 Å². The second-order valence-corrected chi connectivity index (χ2v) is 6.69. The Bertz CT molecular complexity index is 568. The number of hydrogen-bond acceptors (Lipinski definition) is 3. The highest BCUT2D eigenvalue weighted by Crippen LogP contribution is 2.18. The van der Waals surface area contributed by atoms with Crippen molar-refractivity contribution in [3.63, 3.8) is 0 Å². The maximum absolute atomic E-state index is 12.7. The molecule has 1 saturated heterocycles. The van der Waals surface area contributed by atoms with Gasteiger partial charge in [0, 0.05) is 12.2 Å². The number of piperidine rings is 1. The van der Waals surface area contributed by atoms with Gasteiger partial charge in [-0.05, 0) is 49.5 Å². The largest absolute Gasteiger partial charge is 0.351 e. The number of urea groups is 1. The van der Waals surface area contributed by atoms with Gasteiger partial charge in [0.25, 0.3) is 0 Å². The minimum Gasteiger partial charge on any atom is -0.351 e. The summed E-state index contributed by atoms with van der Waals surface area (Å²) in [5.41, 5.74) is 6.68. The lowest BCUT2D eigenvalue weighted by Gasteiger charge is -2.35. The van der Waals surface area contributed by atoms with Gasteiger partial charge in [-0.1, -0.05) is 32.4 Å². The van der Waals surface area contributed by atoms with Crippen LogP contribution in [0, 0.1) is 5.92 Å². The number of primary amides is 1. The number of likely N-dealkylation sites (tertiary alicyclic amines) is 1. The molecule has 0 unspecified atom stereocenters. The number of nitrogens with one attached hydrogen (secondary N) is 2. The molecular weight excluding hydrogens is 304 g/mol. The molecule has 1 aromatic carbocycles. The maximum atomic E-state index is 12.7. The Morgan fingerprint density at radius 2 is 1.92 bits per heavy atom. The van der Waals surface area contributed by atoms with Gasteiger partial charge in [0.1, 0.15) is 0 Å². The lowest BCUT2D eigenvalue weighted by molar-refractivity contribution is -0.128. The van der Waals surface area contributed by atoms with Crippen LogP contribution < -0.4 is 16.4 Å². The predicted octanol–water partition coefficient (Wildman–Crippen LogP) is 2.30. The summed E-state index contributed by atoms with van der Waals surface area (Å²) in [7, 11) is 0. The second kappa shape index (κ2) is 8.68. The fourth-order valence-electron chi connectivity index (χ4n) is 3.28. The average Bonchev–Trinajstić information content (AvgIpc) is 2.53. The third kappa shape index (κ3) is 5.23. The van der Waals surface area contributed by atoms with Crippen LogP contribution in [-0.4, -0.2) is 36.0 Å². The van der Waals surface area contributed by atoms with E-state index in [9.17, 15) is 9.59 Å². The van der Waals surface area contributed by atoms with Crippen LogP contribution in [-0.2, 0) is 11.3 Å². The summed E-state index contributed by atoms with van der Waals surface area (Å²) < 4.78 is 0. The molecule has 1 aromatic rings. The SMILES string of the molecule is CC(C)[C@H](C(=O)NCc1cccc(NC(N)=O)c1)N1CCCCC1. The number of amides is 3. The van der Waals surface area contributed by atoms with Gasteiger partial charge in [-0.2, -0.15) is 0 Å². The molecule has 1 aliphatic rings. The lowest BCUT2D eigenvalue weighted by atomic mass is 9.98. The van der Waals surface area contributed by atoms with E-state index in [4.69, 9.17) is 5.73 Å². The molecule has 1 atom stereocenters. The number of anilines is 1. The molecule has 0 aliphatic carbocycles. The molecule has 24 heavy (non-hydrogen) atoms. The zero-order valence-corrected chi connectivity index (χ0v) is 14.5. The molecule has 4 N–H and O–H groups in total. The van der Waals surface area contributed by atoms with E-state index in [1.165, 1.54) is 6.42 Å². The Morgan fingerprint density at radius 3 is 2.54 bits per heavy atom. The first-order valence-corrected chi connectivity index (χ1v) is 8.64. The van der Waals surface area contributed by atoms with Gasteiger partial charge in [-0.15, -0.1) is 0 Å². The van der Waals surface area contributed by atoms with Crippen molar-refractivity contribution in [2.45, 2.75) is 45.7 Å². The standard InChI is InChI=1S/C18H28N4O2/c1-13(2)16(22-9-4-3-5-10-22)17(23)20-12-14-7-6-8-15(11-14)21-18(19)24/h6-8,11,13,16H,3-5,9-10,12H2,1-2H3,(H,20,23)(H3,19,21,24)/t16-/m1/s1. The van der Waals surface area contributed by atoms with Crippen molar-refractivity contribution in [1.29, 1.82) is 0 Å². The Kier molecular flexibility index (Phi) is 6.61. The third-order valence-electron chi connectivity index (χ3n) is 4.35. The number of carbonyl (C=O) groups excluding carboxylic acids is 2. The van der Waals surface area contributed by atoms with Crippen LogP contribution in [0.1, 0.15) is 38.7 Å². The van der Waals surface area contributed by atoms with Crippen molar-refractivity contribution >= 4 is 17.6 Å². The van der Waals surface area contributed by atoms with Crippen LogP contribution in [0.2, 0.25) is 0 Å². The van der Waals surface area contributed by atoms with Crippen LogP contribution in [0.15, 0.2) is 24.3 Å². The molecule has 1 fully saturated rings. The first kappa shape index (κ1) is 18.3. The third-order valence-corrected chi connectivity index (χ3v) is 4.35. The van der Waals surface area contributed by atoms with Crippen molar-refractivity contribution in [3.05, 3.63) is 29.8 Å². The van der Waals surface area contributed by atoms with Gasteiger partial charge in [-0.3, -0.25) is 9.69 Å². The zero-order chi connectivity index (χ0) is 17.5. The van der Waals surface area contributed by atoms with E-state index in [1.54, 1.807) is 6.07 Å². The molecular formula is C18H28N4O2. The van der Waals surface area contributed by atoms with E-state index in [1.807, 2.05) is 18.2 Å². The van der Waals surface area contributed by atoms with Gasteiger partial charge in [-0.25, -0.2) is 4.79 Å². The van der Waals surface area contributed by atoms with E-state index < -0.39 is 6.03 Å². The number of rotatable bonds is 6. The van der Waals surface area contributed by atoms with Crippen molar-refractivity contribution in [2.24, 2.45) is 11.7 Å². The van der Waals surface area contributed by atoms with Gasteiger partial charge >= 0.3 is 6.03 Å². The van der Waals surface area contributed by atoms with Crippen LogP contribution in [0.5, 0.6) is 0 Å². The molecule has 1 heterocycles. The summed E-state index contributed by atoms with van der Waals surface area (Å²) in [6.45, 7) is 6.61. The normalized spacial score (nSPS) is 16.6. The van der Waals surface area contributed by atoms with Gasteiger partial charge < -0.3 is 16.4 Å². The van der Waals surface area contributed by atoms with Crippen LogP contribution in [0.25, 0.3) is 0 Å². The summed E-state index contributed by atoms with van der Waals surface area (Å²) in [5, 5.41) is 5.58. The number of nitrogens with two attached hydrogens (primary N) is 1. The van der Waals surface area contributed by atoms with E-state index in [0.717, 1.165) is 31.5 Å². The van der Waals surface area contributed by atoms with Crippen molar-refractivity contribution in [3.8, 4) is 0 Å². The van der Waals surface area contributed by atoms with Gasteiger partial charge in [0.2, 0.25) is 5.91 Å². The maximum Gasteiger partial charge on any atom is 0.316 e. The topological polar surface area (TPSA) is 87.5 Å². The minimum atomic E-state index is -0.596. The number of hydrogen-bond donors (Lipinski definition) is 3. The van der Waals surface area contributed by atoms with E-state index in [2.05, 4.69) is 29.4 Å². The highest BCUT2D eigenvalue weighted by Gasteiger charge is 2.29. The van der Waals surface area contributed by atoms with E-state index in [0.29, 0.717) is 12.2 Å². The summed E-state index contributed by atoms with van der Waals surface area (Å²) in [6, 6.07) is 6.64. The molecule has 0 aromatic heterocycles. The molecule has 1 aliphatic heterocycles. The molecule has 6 heteroatoms. The summed E-state index contributed by atoms with van der Waals surface area (Å²) >= 11 is 0. The molecule has 0 radical (unpaired) electrons. The van der Waals surface area contributed by atoms with Crippen molar-refractivity contribution in [1.82, 2.24) is 10.2 Å². The van der Waals surface area contributed by atoms with Crippen LogP contribution in [0.3, 0.4) is 0 Å². The number of benzene rings is 1. The smallest absolute Gasteiger partial charge is 0.316 e. The fraction of sp³-hybridized carbons (Fsp3) is 0.556. The van der Waals surface area contributed by atoms with Gasteiger partial charge in [0.15, 0.2) is 0 Å². The quantitative estimate of drug-likeness (QED) is 0.747. The highest BCUT2D eigenvalue weighted by molar-refractivity contribution is 5.87. The molecule has 3 amide bonds. The highest BCUT2D eigenvalue weighted by atomic mass is 16.2. The molecule has 132 valence electrons. The van der Waals surface area contributed by atoms with Crippen molar-refractivity contribution < 1.29 is 9.59 Å². The molecule has 6 nitrogen and oxygen atoms in total. The predicted molar refractivity (Wildman–Crippen MR) is 95.5 cm³/mol. The van der Waals surface area contributed by atoms with E-state index in [-0.39, 0.29) is 17.9 Å². The first-order valence-electron chi connectivity index (χ1n) is 8.64. The average molecular weight is 332 g/mol. The lowest BCUT2D eigenvalue weighted by Crippen LogP contribution is -2.51. The Hall–Kier alpha value is -2.08. The zero-order valence-electron chi connectivity index (χ0n) is 14.5. The van der Waals surface area contributed by atoms with Crippen LogP contribution >= 0.6 is 0 Å². The fourth-order valence-corrected chi connectivity index (χ4v) is 3.28. The number of nitrogens with zero attached hydrogens (tertiary/aromatic N) is 1. The Balaban J connectivity index is 1.96. The Labute approximate surface area is 143 Å². The summed E-state index contributed by atoms with van der Waals surface area (Å²) in [4.78, 5) is 25.9. The second-order valence-electron chi connectivity index (χ2n) is 6.69. The Morgan fingerprint density at radius 1 is 1.21 bits per heavy atom. The van der Waals surface area contributed by atoms with E-state index >= 15 is 0 Å². The first-order chi connectivity index (χ1) is 11.5. The molecule has 0 bridgehead atoms. The summed E-state index contributed by atoms with van der Waals surface area (Å²) in [6.07, 6.45) is 3.58. The molecule has 0 spiro atoms. The molecule has 2 rings (SSSR count). The van der Waals surface area contributed by atoms with Gasteiger partial charge in [0.05, 0.1) is 6.04 Å². The number of carbonyl (C=O) groups is 2. The summed E-state index contributed by atoms with van der Waals surface area (Å²) in [5.74, 6) is 0.339. The minimum absolute atomic E-state index is 0.0696. The van der Waals surface area contributed by atoms with Crippen molar-refractivity contribution in [2.75, 3.05) is 18.4 Å².